The number of rotatable bonds is 3. The third-order valence-corrected chi connectivity index (χ3v) is 2.62. The Morgan fingerprint density at radius 3 is 2.64 bits per heavy atom. The molecule has 0 unspecified atom stereocenters. The Labute approximate surface area is 86.7 Å². The van der Waals surface area contributed by atoms with Crippen LogP contribution in [0.25, 0.3) is 0 Å². The maximum absolute atomic E-state index is 12.3. The fourth-order valence-electron chi connectivity index (χ4n) is 0.963. The molecule has 0 bridgehead atoms. The summed E-state index contributed by atoms with van der Waals surface area (Å²) < 4.78 is 25.7. The summed E-state index contributed by atoms with van der Waals surface area (Å²) in [6.07, 6.45) is -2.73. The molecule has 0 spiro atoms. The molecule has 1 aromatic heterocycles. The van der Waals surface area contributed by atoms with Crippen LogP contribution in [0.15, 0.2) is 4.47 Å². The lowest BCUT2D eigenvalue weighted by Crippen LogP contribution is -2.28. The van der Waals surface area contributed by atoms with Crippen molar-refractivity contribution in [3.63, 3.8) is 0 Å². The first-order valence-electron chi connectivity index (χ1n) is 3.64. The highest BCUT2D eigenvalue weighted by molar-refractivity contribution is 9.10. The van der Waals surface area contributed by atoms with Crippen molar-refractivity contribution in [3.05, 3.63) is 15.9 Å². The molecule has 0 aliphatic carbocycles. The summed E-state index contributed by atoms with van der Waals surface area (Å²) in [5.74, 6) is -1.37. The van der Waals surface area contributed by atoms with Crippen LogP contribution in [-0.2, 0) is 11.3 Å². The number of hydrogen-bond donors (Lipinski definition) is 0. The molecule has 0 radical (unpaired) electrons. The van der Waals surface area contributed by atoms with Crippen molar-refractivity contribution in [1.82, 2.24) is 9.78 Å². The quantitative estimate of drug-likeness (QED) is 0.808. The van der Waals surface area contributed by atoms with Crippen molar-refractivity contribution in [1.29, 1.82) is 0 Å². The summed E-state index contributed by atoms with van der Waals surface area (Å²) in [5, 5.41) is 13.7. The zero-order chi connectivity index (χ0) is 10.9. The van der Waals surface area contributed by atoms with E-state index in [0.717, 1.165) is 4.68 Å². The molecule has 0 aliphatic rings. The van der Waals surface area contributed by atoms with Crippen LogP contribution in [0.4, 0.5) is 8.78 Å². The minimum absolute atomic E-state index is 0.133. The van der Waals surface area contributed by atoms with Crippen molar-refractivity contribution < 1.29 is 18.7 Å². The van der Waals surface area contributed by atoms with Crippen LogP contribution in [0.1, 0.15) is 17.8 Å². The van der Waals surface area contributed by atoms with Crippen LogP contribution in [-0.4, -0.2) is 15.7 Å². The van der Waals surface area contributed by atoms with E-state index in [9.17, 15) is 18.7 Å². The fraction of sp³-hybridized carbons (Fsp3) is 0.429. The molecule has 14 heavy (non-hydrogen) atoms. The van der Waals surface area contributed by atoms with Crippen molar-refractivity contribution in [2.75, 3.05) is 0 Å². The number of hydrogen-bond acceptors (Lipinski definition) is 3. The van der Waals surface area contributed by atoms with Gasteiger partial charge in [0, 0.05) is 0 Å². The van der Waals surface area contributed by atoms with Crippen molar-refractivity contribution in [2.24, 2.45) is 0 Å². The maximum Gasteiger partial charge on any atom is 0.283 e. The molecule has 0 fully saturated rings. The second-order valence-electron chi connectivity index (χ2n) is 2.61. The fourth-order valence-corrected chi connectivity index (χ4v) is 1.42. The minimum atomic E-state index is -2.73. The van der Waals surface area contributed by atoms with Crippen LogP contribution >= 0.6 is 15.9 Å². The molecule has 4 nitrogen and oxygen atoms in total. The average Bonchev–Trinajstić information content (AvgIpc) is 2.32. The van der Waals surface area contributed by atoms with Gasteiger partial charge in [0.05, 0.1) is 22.7 Å². The number of carbonyl (C=O) groups excluding carboxylic acids is 1. The topological polar surface area (TPSA) is 58.0 Å². The Morgan fingerprint density at radius 1 is 1.71 bits per heavy atom. The third-order valence-electron chi connectivity index (χ3n) is 1.64. The van der Waals surface area contributed by atoms with E-state index in [4.69, 9.17) is 0 Å². The number of halogens is 3. The van der Waals surface area contributed by atoms with Crippen molar-refractivity contribution in [2.45, 2.75) is 19.9 Å². The van der Waals surface area contributed by atoms with E-state index >= 15 is 0 Å². The Hall–Kier alpha value is -0.980. The van der Waals surface area contributed by atoms with Crippen LogP contribution in [0.2, 0.25) is 0 Å². The molecule has 0 atom stereocenters. The summed E-state index contributed by atoms with van der Waals surface area (Å²) in [6.45, 7) is 0.961. The molecule has 1 aromatic rings. The maximum atomic E-state index is 12.3. The second kappa shape index (κ2) is 4.04. The number of aliphatic carboxylic acids is 1. The van der Waals surface area contributed by atoms with E-state index < -0.39 is 24.6 Å². The van der Waals surface area contributed by atoms with Gasteiger partial charge in [0.25, 0.3) is 6.43 Å². The molecule has 78 valence electrons. The van der Waals surface area contributed by atoms with E-state index in [0.29, 0.717) is 5.69 Å². The van der Waals surface area contributed by atoms with Gasteiger partial charge in [0.15, 0.2) is 0 Å². The summed E-state index contributed by atoms with van der Waals surface area (Å²) in [5.41, 5.74) is -0.117. The van der Waals surface area contributed by atoms with Gasteiger partial charge >= 0.3 is 0 Å². The van der Waals surface area contributed by atoms with Gasteiger partial charge in [-0.3, -0.25) is 4.68 Å². The summed E-state index contributed by atoms with van der Waals surface area (Å²) in [6, 6.07) is 0. The number of carbonyl (C=O) groups is 1. The van der Waals surface area contributed by atoms with Gasteiger partial charge in [0.2, 0.25) is 0 Å². The van der Waals surface area contributed by atoms with Gasteiger partial charge in [-0.15, -0.1) is 0 Å². The van der Waals surface area contributed by atoms with Gasteiger partial charge in [-0.05, 0) is 22.9 Å². The highest BCUT2D eigenvalue weighted by atomic mass is 79.9. The lowest BCUT2D eigenvalue weighted by atomic mass is 10.4. The molecule has 1 heterocycles. The molecule has 0 N–H and O–H groups in total. The summed E-state index contributed by atoms with van der Waals surface area (Å²) in [4.78, 5) is 10.2. The van der Waals surface area contributed by atoms with Crippen LogP contribution in [0.5, 0.6) is 0 Å². The third kappa shape index (κ3) is 2.09. The van der Waals surface area contributed by atoms with Gasteiger partial charge in [-0.1, -0.05) is 0 Å². The Morgan fingerprint density at radius 2 is 2.29 bits per heavy atom. The first kappa shape index (κ1) is 11.1. The normalized spacial score (nSPS) is 10.9. The monoisotopic (exact) mass is 267 g/mol. The van der Waals surface area contributed by atoms with E-state index in [2.05, 4.69) is 21.0 Å². The van der Waals surface area contributed by atoms with Gasteiger partial charge in [-0.2, -0.15) is 5.10 Å². The number of aromatic nitrogens is 2. The van der Waals surface area contributed by atoms with Gasteiger partial charge in [-0.25, -0.2) is 8.78 Å². The molecule has 0 aromatic carbocycles. The highest BCUT2D eigenvalue weighted by Gasteiger charge is 2.19. The summed E-state index contributed by atoms with van der Waals surface area (Å²) in [7, 11) is 0. The number of carboxylic acid groups (broad SMARTS) is 1. The van der Waals surface area contributed by atoms with Gasteiger partial charge in [0.1, 0.15) is 5.69 Å². The predicted octanol–water partition coefficient (Wildman–Crippen LogP) is 0.642. The van der Waals surface area contributed by atoms with E-state index in [-0.39, 0.29) is 4.47 Å². The first-order chi connectivity index (χ1) is 6.43. The first-order valence-corrected chi connectivity index (χ1v) is 4.43. The molecule has 7 heteroatoms. The molecule has 0 saturated heterocycles. The number of alkyl halides is 2. The van der Waals surface area contributed by atoms with Crippen molar-refractivity contribution in [3.8, 4) is 0 Å². The lowest BCUT2D eigenvalue weighted by Gasteiger charge is -2.03. The predicted molar refractivity (Wildman–Crippen MR) is 44.6 cm³/mol. The smallest absolute Gasteiger partial charge is 0.283 e. The lowest BCUT2D eigenvalue weighted by molar-refractivity contribution is -0.306. The zero-order valence-electron chi connectivity index (χ0n) is 7.13. The van der Waals surface area contributed by atoms with Crippen LogP contribution < -0.4 is 5.11 Å². The highest BCUT2D eigenvalue weighted by Crippen LogP contribution is 2.28. The summed E-state index contributed by atoms with van der Waals surface area (Å²) >= 11 is 2.91. The molecular weight excluding hydrogens is 262 g/mol. The molecule has 1 rings (SSSR count). The average molecular weight is 268 g/mol. The Kier molecular flexibility index (Phi) is 3.20. The largest absolute Gasteiger partial charge is 0.548 e. The van der Waals surface area contributed by atoms with E-state index in [1.807, 2.05) is 0 Å². The molecular formula is C7H6BrF2N2O2-. The van der Waals surface area contributed by atoms with Crippen LogP contribution in [0, 0.1) is 6.92 Å². The number of nitrogens with zero attached hydrogens (tertiary/aromatic N) is 2. The minimum Gasteiger partial charge on any atom is -0.548 e. The van der Waals surface area contributed by atoms with Crippen LogP contribution in [0.3, 0.4) is 0 Å². The second-order valence-corrected chi connectivity index (χ2v) is 3.41. The van der Waals surface area contributed by atoms with Gasteiger partial charge < -0.3 is 9.90 Å². The van der Waals surface area contributed by atoms with E-state index in [1.165, 1.54) is 6.92 Å². The Balaban J connectivity index is 3.08. The SMILES string of the molecule is Cc1c(Br)c(C(F)F)nn1CC(=O)[O-]. The van der Waals surface area contributed by atoms with Crippen molar-refractivity contribution >= 4 is 21.9 Å². The standard InChI is InChI=1S/C7H7BrF2N2O2/c1-3-5(8)6(7(9)10)11-12(3)2-4(13)14/h7H,2H2,1H3,(H,13,14)/p-1. The molecule has 0 amide bonds. The zero-order valence-corrected chi connectivity index (χ0v) is 8.72. The number of carboxylic acids is 1. The Bertz CT molecular complexity index is 365. The molecule has 0 saturated carbocycles. The van der Waals surface area contributed by atoms with E-state index in [1.54, 1.807) is 0 Å². The molecule has 0 aliphatic heterocycles.